The summed E-state index contributed by atoms with van der Waals surface area (Å²) >= 11 is 0. The highest BCUT2D eigenvalue weighted by molar-refractivity contribution is 5.97. The number of ether oxygens (including phenoxy) is 2. The van der Waals surface area contributed by atoms with Crippen LogP contribution in [-0.4, -0.2) is 25.2 Å². The van der Waals surface area contributed by atoms with Gasteiger partial charge in [0.2, 0.25) is 0 Å². The van der Waals surface area contributed by atoms with Crippen molar-refractivity contribution in [1.82, 2.24) is 0 Å². The first-order valence-corrected chi connectivity index (χ1v) is 4.19. The maximum atomic E-state index is 11.2. The predicted molar refractivity (Wildman–Crippen MR) is 42.6 cm³/mol. The molecule has 0 N–H and O–H groups in total. The molecule has 0 aromatic heterocycles. The van der Waals surface area contributed by atoms with Crippen LogP contribution < -0.4 is 0 Å². The van der Waals surface area contributed by atoms with Crippen LogP contribution >= 0.6 is 0 Å². The van der Waals surface area contributed by atoms with E-state index in [1.54, 1.807) is 0 Å². The summed E-state index contributed by atoms with van der Waals surface area (Å²) in [6, 6.07) is 0. The van der Waals surface area contributed by atoms with E-state index in [0.717, 1.165) is 6.42 Å². The summed E-state index contributed by atoms with van der Waals surface area (Å²) < 4.78 is 9.54. The smallest absolute Gasteiger partial charge is 0.321 e. The van der Waals surface area contributed by atoms with Gasteiger partial charge in [-0.05, 0) is 12.5 Å². The fourth-order valence-corrected chi connectivity index (χ4v) is 1.88. The summed E-state index contributed by atoms with van der Waals surface area (Å²) in [5, 5.41) is 0. The van der Waals surface area contributed by atoms with Gasteiger partial charge in [0, 0.05) is 5.92 Å². The fraction of sp³-hybridized carbons (Fsp3) is 0.556. The summed E-state index contributed by atoms with van der Waals surface area (Å²) in [6.07, 6.45) is 4.26. The lowest BCUT2D eigenvalue weighted by atomic mass is 9.91. The van der Waals surface area contributed by atoms with Crippen LogP contribution in [0.25, 0.3) is 0 Å². The molecular formula is C9H10O4. The largest absolute Gasteiger partial charge is 0.468 e. The maximum absolute atomic E-state index is 11.2. The van der Waals surface area contributed by atoms with Gasteiger partial charge in [0.1, 0.15) is 6.10 Å². The molecule has 0 amide bonds. The number of rotatable bonds is 1. The molecule has 2 rings (SSSR count). The third-order valence-corrected chi connectivity index (χ3v) is 2.55. The molecule has 2 aliphatic rings. The van der Waals surface area contributed by atoms with E-state index in [1.807, 2.05) is 12.2 Å². The van der Waals surface area contributed by atoms with Crippen molar-refractivity contribution in [3.05, 3.63) is 12.2 Å². The highest BCUT2D eigenvalue weighted by Crippen LogP contribution is 2.36. The second-order valence-electron chi connectivity index (χ2n) is 3.23. The Morgan fingerprint density at radius 2 is 2.46 bits per heavy atom. The van der Waals surface area contributed by atoms with Gasteiger partial charge in [0.05, 0.1) is 7.11 Å². The zero-order valence-electron chi connectivity index (χ0n) is 7.23. The van der Waals surface area contributed by atoms with Crippen molar-refractivity contribution in [1.29, 1.82) is 0 Å². The molecule has 1 saturated heterocycles. The summed E-state index contributed by atoms with van der Waals surface area (Å²) in [5.74, 6) is -1.70. The minimum atomic E-state index is -0.718. The van der Waals surface area contributed by atoms with Gasteiger partial charge in [-0.3, -0.25) is 9.59 Å². The molecule has 0 aromatic carbocycles. The molecule has 4 nitrogen and oxygen atoms in total. The molecule has 3 atom stereocenters. The van der Waals surface area contributed by atoms with E-state index in [2.05, 4.69) is 4.74 Å². The van der Waals surface area contributed by atoms with E-state index >= 15 is 0 Å². The van der Waals surface area contributed by atoms with Crippen LogP contribution in [0.3, 0.4) is 0 Å². The topological polar surface area (TPSA) is 52.6 Å². The highest BCUT2D eigenvalue weighted by atomic mass is 16.6. The standard InChI is InChI=1S/C9H10O4/c1-12-8(10)7-5-3-2-4-6(5)13-9(7)11/h2,4-7H,3H2,1H3/t5-,6+,7+/m1/s1. The van der Waals surface area contributed by atoms with Gasteiger partial charge in [0.25, 0.3) is 0 Å². The number of carbonyl (C=O) groups excluding carboxylic acids is 2. The quantitative estimate of drug-likeness (QED) is 0.332. The van der Waals surface area contributed by atoms with Crippen LogP contribution in [0.2, 0.25) is 0 Å². The summed E-state index contributed by atoms with van der Waals surface area (Å²) in [4.78, 5) is 22.4. The molecule has 0 spiro atoms. The fourth-order valence-electron chi connectivity index (χ4n) is 1.88. The van der Waals surface area contributed by atoms with Crippen LogP contribution in [0.5, 0.6) is 0 Å². The molecule has 1 aliphatic carbocycles. The molecule has 1 aliphatic heterocycles. The molecule has 13 heavy (non-hydrogen) atoms. The zero-order chi connectivity index (χ0) is 9.42. The maximum Gasteiger partial charge on any atom is 0.321 e. The van der Waals surface area contributed by atoms with Gasteiger partial charge >= 0.3 is 11.9 Å². The van der Waals surface area contributed by atoms with Crippen molar-refractivity contribution in [3.8, 4) is 0 Å². The second-order valence-corrected chi connectivity index (χ2v) is 3.23. The lowest BCUT2D eigenvalue weighted by molar-refractivity contribution is -0.155. The second kappa shape index (κ2) is 2.87. The molecule has 0 aromatic rings. The Morgan fingerprint density at radius 3 is 3.15 bits per heavy atom. The van der Waals surface area contributed by atoms with E-state index in [-0.39, 0.29) is 12.0 Å². The van der Waals surface area contributed by atoms with Crippen LogP contribution in [-0.2, 0) is 19.1 Å². The summed E-state index contributed by atoms with van der Waals surface area (Å²) in [5.41, 5.74) is 0. The molecular weight excluding hydrogens is 172 g/mol. The summed E-state index contributed by atoms with van der Waals surface area (Å²) in [7, 11) is 1.28. The monoisotopic (exact) mass is 182 g/mol. The predicted octanol–water partition coefficient (Wildman–Crippen LogP) is 0.277. The first-order valence-electron chi connectivity index (χ1n) is 4.19. The van der Waals surface area contributed by atoms with E-state index in [9.17, 15) is 9.59 Å². The van der Waals surface area contributed by atoms with Crippen molar-refractivity contribution in [2.24, 2.45) is 11.8 Å². The first-order chi connectivity index (χ1) is 6.24. The molecule has 0 unspecified atom stereocenters. The Hall–Kier alpha value is -1.32. The zero-order valence-corrected chi connectivity index (χ0v) is 7.23. The van der Waals surface area contributed by atoms with Gasteiger partial charge in [-0.1, -0.05) is 6.08 Å². The van der Waals surface area contributed by atoms with E-state index in [0.29, 0.717) is 0 Å². The van der Waals surface area contributed by atoms with Crippen molar-refractivity contribution in [2.45, 2.75) is 12.5 Å². The molecule has 70 valence electrons. The summed E-state index contributed by atoms with van der Waals surface area (Å²) in [6.45, 7) is 0. The van der Waals surface area contributed by atoms with Crippen LogP contribution in [0.1, 0.15) is 6.42 Å². The molecule has 4 heteroatoms. The van der Waals surface area contributed by atoms with Gasteiger partial charge in [-0.25, -0.2) is 0 Å². The van der Waals surface area contributed by atoms with Gasteiger partial charge in [0.15, 0.2) is 5.92 Å². The normalized spacial score (nSPS) is 35.8. The number of fused-ring (bicyclic) bond motifs is 1. The number of methoxy groups -OCH3 is 1. The molecule has 0 radical (unpaired) electrons. The van der Waals surface area contributed by atoms with E-state index < -0.39 is 17.9 Å². The lowest BCUT2D eigenvalue weighted by Crippen LogP contribution is -2.26. The lowest BCUT2D eigenvalue weighted by Gasteiger charge is -2.10. The van der Waals surface area contributed by atoms with Crippen molar-refractivity contribution < 1.29 is 19.1 Å². The van der Waals surface area contributed by atoms with Crippen LogP contribution in [0, 0.1) is 11.8 Å². The molecule has 1 heterocycles. The minimum absolute atomic E-state index is 0.0417. The Morgan fingerprint density at radius 1 is 1.69 bits per heavy atom. The third kappa shape index (κ3) is 1.13. The van der Waals surface area contributed by atoms with Crippen molar-refractivity contribution in [3.63, 3.8) is 0 Å². The number of hydrogen-bond donors (Lipinski definition) is 0. The number of esters is 2. The Labute approximate surface area is 75.5 Å². The van der Waals surface area contributed by atoms with Gasteiger partial charge < -0.3 is 9.47 Å². The first kappa shape index (κ1) is 8.29. The molecule has 1 fully saturated rings. The highest BCUT2D eigenvalue weighted by Gasteiger charge is 2.49. The van der Waals surface area contributed by atoms with Crippen molar-refractivity contribution >= 4 is 11.9 Å². The SMILES string of the molecule is COC(=O)[C@H]1C(=O)O[C@H]2C=CC[C@@H]12. The Balaban J connectivity index is 2.19. The Bertz CT molecular complexity index is 281. The Kier molecular flexibility index (Phi) is 1.83. The average Bonchev–Trinajstić information content (AvgIpc) is 2.62. The average molecular weight is 182 g/mol. The van der Waals surface area contributed by atoms with Crippen LogP contribution in [0.15, 0.2) is 12.2 Å². The van der Waals surface area contributed by atoms with Gasteiger partial charge in [-0.15, -0.1) is 0 Å². The number of hydrogen-bond acceptors (Lipinski definition) is 4. The molecule has 0 bridgehead atoms. The van der Waals surface area contributed by atoms with Crippen LogP contribution in [0.4, 0.5) is 0 Å². The van der Waals surface area contributed by atoms with Gasteiger partial charge in [-0.2, -0.15) is 0 Å². The van der Waals surface area contributed by atoms with E-state index in [1.165, 1.54) is 7.11 Å². The van der Waals surface area contributed by atoms with E-state index in [4.69, 9.17) is 4.74 Å². The molecule has 0 saturated carbocycles. The third-order valence-electron chi connectivity index (χ3n) is 2.55. The van der Waals surface area contributed by atoms with Crippen molar-refractivity contribution in [2.75, 3.05) is 7.11 Å². The number of allylic oxidation sites excluding steroid dienone is 1. The number of carbonyl (C=O) groups is 2. The minimum Gasteiger partial charge on any atom is -0.468 e.